The third kappa shape index (κ3) is 10.5. The highest BCUT2D eigenvalue weighted by Gasteiger charge is 1.96. The van der Waals surface area contributed by atoms with E-state index in [-0.39, 0.29) is 5.91 Å². The van der Waals surface area contributed by atoms with Gasteiger partial charge in [-0.25, -0.2) is 0 Å². The molecule has 2 nitrogen and oxygen atoms in total. The second-order valence-electron chi connectivity index (χ2n) is 5.43. The minimum atomic E-state index is 0.0360. The molecule has 1 N–H and O–H groups in total. The second kappa shape index (κ2) is 13.4. The van der Waals surface area contributed by atoms with E-state index in [9.17, 15) is 4.79 Å². The second-order valence-corrected chi connectivity index (χ2v) is 6.54. The standard InChI is InChI=1S/C19H29NOS/c1-2-3-4-5-6-7-11-14-19(21)20-15-16-22-17-18-12-9-8-10-13-18/h8-14H,2-7,15-17H2,1H3,(H,20,21). The van der Waals surface area contributed by atoms with Gasteiger partial charge in [0.25, 0.3) is 0 Å². The maximum atomic E-state index is 11.6. The maximum Gasteiger partial charge on any atom is 0.243 e. The van der Waals surface area contributed by atoms with E-state index in [1.165, 1.54) is 37.7 Å². The number of rotatable bonds is 12. The van der Waals surface area contributed by atoms with E-state index in [0.717, 1.165) is 24.5 Å². The smallest absolute Gasteiger partial charge is 0.243 e. The van der Waals surface area contributed by atoms with Crippen LogP contribution in [0.2, 0.25) is 0 Å². The van der Waals surface area contributed by atoms with E-state index in [4.69, 9.17) is 0 Å². The topological polar surface area (TPSA) is 29.1 Å². The van der Waals surface area contributed by atoms with Gasteiger partial charge in [-0.05, 0) is 24.5 Å². The quantitative estimate of drug-likeness (QED) is 0.436. The van der Waals surface area contributed by atoms with Gasteiger partial charge in [-0.15, -0.1) is 0 Å². The fourth-order valence-electron chi connectivity index (χ4n) is 2.13. The zero-order chi connectivity index (χ0) is 15.9. The summed E-state index contributed by atoms with van der Waals surface area (Å²) in [5.41, 5.74) is 1.33. The van der Waals surface area contributed by atoms with Gasteiger partial charge in [0.1, 0.15) is 0 Å². The number of allylic oxidation sites excluding steroid dienone is 1. The highest BCUT2D eigenvalue weighted by atomic mass is 32.2. The lowest BCUT2D eigenvalue weighted by atomic mass is 10.1. The van der Waals surface area contributed by atoms with E-state index in [0.29, 0.717) is 0 Å². The zero-order valence-corrected chi connectivity index (χ0v) is 14.5. The molecular formula is C19H29NOS. The Labute approximate surface area is 139 Å². The molecule has 22 heavy (non-hydrogen) atoms. The highest BCUT2D eigenvalue weighted by Crippen LogP contribution is 2.10. The molecule has 0 atom stereocenters. The zero-order valence-electron chi connectivity index (χ0n) is 13.7. The van der Waals surface area contributed by atoms with Crippen LogP contribution in [-0.4, -0.2) is 18.2 Å². The van der Waals surface area contributed by atoms with Gasteiger partial charge in [0.2, 0.25) is 5.91 Å². The Morgan fingerprint density at radius 1 is 1.14 bits per heavy atom. The molecule has 0 aromatic heterocycles. The molecule has 0 aliphatic rings. The van der Waals surface area contributed by atoms with Crippen LogP contribution in [0.15, 0.2) is 42.5 Å². The first-order valence-corrected chi connectivity index (χ1v) is 9.54. The van der Waals surface area contributed by atoms with Gasteiger partial charge in [0, 0.05) is 18.1 Å². The van der Waals surface area contributed by atoms with Gasteiger partial charge in [-0.3, -0.25) is 4.79 Å². The van der Waals surface area contributed by atoms with Crippen LogP contribution < -0.4 is 5.32 Å². The van der Waals surface area contributed by atoms with Crippen LogP contribution in [0.4, 0.5) is 0 Å². The van der Waals surface area contributed by atoms with Gasteiger partial charge in [0.15, 0.2) is 0 Å². The van der Waals surface area contributed by atoms with E-state index >= 15 is 0 Å². The summed E-state index contributed by atoms with van der Waals surface area (Å²) in [6, 6.07) is 10.4. The minimum Gasteiger partial charge on any atom is -0.352 e. The summed E-state index contributed by atoms with van der Waals surface area (Å²) in [4.78, 5) is 11.6. The van der Waals surface area contributed by atoms with Crippen molar-refractivity contribution in [2.75, 3.05) is 12.3 Å². The number of benzene rings is 1. The first-order chi connectivity index (χ1) is 10.8. The van der Waals surface area contributed by atoms with Crippen molar-refractivity contribution in [1.82, 2.24) is 5.32 Å². The van der Waals surface area contributed by atoms with Gasteiger partial charge in [0.05, 0.1) is 0 Å². The predicted octanol–water partition coefficient (Wildman–Crippen LogP) is 4.95. The Morgan fingerprint density at radius 2 is 1.91 bits per heavy atom. The van der Waals surface area contributed by atoms with Gasteiger partial charge in [-0.2, -0.15) is 11.8 Å². The van der Waals surface area contributed by atoms with E-state index < -0.39 is 0 Å². The molecule has 0 aliphatic heterocycles. The van der Waals surface area contributed by atoms with Crippen molar-refractivity contribution >= 4 is 17.7 Å². The number of hydrogen-bond acceptors (Lipinski definition) is 2. The Hall–Kier alpha value is -1.22. The number of hydrogen-bond donors (Lipinski definition) is 1. The molecule has 1 aromatic rings. The summed E-state index contributed by atoms with van der Waals surface area (Å²) in [7, 11) is 0. The molecule has 0 saturated carbocycles. The summed E-state index contributed by atoms with van der Waals surface area (Å²) in [5.74, 6) is 1.99. The van der Waals surface area contributed by atoms with Crippen molar-refractivity contribution in [3.05, 3.63) is 48.0 Å². The lowest BCUT2D eigenvalue weighted by molar-refractivity contribution is -0.116. The Bertz CT molecular complexity index is 417. The fraction of sp³-hybridized carbons (Fsp3) is 0.526. The van der Waals surface area contributed by atoms with E-state index in [1.807, 2.05) is 23.9 Å². The van der Waals surface area contributed by atoms with Crippen molar-refractivity contribution in [2.45, 2.75) is 51.2 Å². The van der Waals surface area contributed by atoms with Crippen LogP contribution in [0.25, 0.3) is 0 Å². The molecule has 1 rings (SSSR count). The van der Waals surface area contributed by atoms with Crippen LogP contribution in [0, 0.1) is 0 Å². The van der Waals surface area contributed by atoms with Crippen LogP contribution in [0.1, 0.15) is 51.0 Å². The van der Waals surface area contributed by atoms with E-state index in [1.54, 1.807) is 6.08 Å². The van der Waals surface area contributed by atoms with Crippen LogP contribution in [0.5, 0.6) is 0 Å². The molecule has 0 unspecified atom stereocenters. The summed E-state index contributed by atoms with van der Waals surface area (Å²) < 4.78 is 0. The average molecular weight is 320 g/mol. The molecule has 0 spiro atoms. The van der Waals surface area contributed by atoms with E-state index in [2.05, 4.69) is 36.5 Å². The highest BCUT2D eigenvalue weighted by molar-refractivity contribution is 7.98. The molecule has 1 aromatic carbocycles. The molecule has 1 amide bonds. The summed E-state index contributed by atoms with van der Waals surface area (Å²) in [6.07, 6.45) is 11.1. The maximum absolute atomic E-state index is 11.6. The van der Waals surface area contributed by atoms with Crippen molar-refractivity contribution < 1.29 is 4.79 Å². The molecule has 0 aliphatic carbocycles. The van der Waals surface area contributed by atoms with Crippen molar-refractivity contribution in [3.63, 3.8) is 0 Å². The molecule has 0 heterocycles. The minimum absolute atomic E-state index is 0.0360. The lowest BCUT2D eigenvalue weighted by Crippen LogP contribution is -2.23. The summed E-state index contributed by atoms with van der Waals surface area (Å²) >= 11 is 1.85. The Kier molecular flexibility index (Phi) is 11.5. The number of unbranched alkanes of at least 4 members (excludes halogenated alkanes) is 5. The summed E-state index contributed by atoms with van der Waals surface area (Å²) in [6.45, 7) is 2.96. The largest absolute Gasteiger partial charge is 0.352 e. The van der Waals surface area contributed by atoms with Crippen LogP contribution >= 0.6 is 11.8 Å². The third-order valence-electron chi connectivity index (χ3n) is 3.40. The monoisotopic (exact) mass is 319 g/mol. The number of carbonyl (C=O) groups excluding carboxylic acids is 1. The molecule has 3 heteroatoms. The molecule has 0 bridgehead atoms. The predicted molar refractivity (Wildman–Crippen MR) is 98.1 cm³/mol. The number of carbonyl (C=O) groups is 1. The molecular weight excluding hydrogens is 290 g/mol. The van der Waals surface area contributed by atoms with Gasteiger partial charge >= 0.3 is 0 Å². The van der Waals surface area contributed by atoms with Crippen LogP contribution in [0.3, 0.4) is 0 Å². The van der Waals surface area contributed by atoms with Crippen molar-refractivity contribution in [2.24, 2.45) is 0 Å². The molecule has 122 valence electrons. The van der Waals surface area contributed by atoms with Crippen molar-refractivity contribution in [1.29, 1.82) is 0 Å². The normalized spacial score (nSPS) is 11.0. The van der Waals surface area contributed by atoms with Crippen LogP contribution in [-0.2, 0) is 10.5 Å². The number of nitrogens with one attached hydrogen (secondary N) is 1. The number of thioether (sulfide) groups is 1. The number of amides is 1. The fourth-order valence-corrected chi connectivity index (χ4v) is 2.94. The third-order valence-corrected chi connectivity index (χ3v) is 4.43. The molecule has 0 saturated heterocycles. The van der Waals surface area contributed by atoms with Crippen molar-refractivity contribution in [3.8, 4) is 0 Å². The first-order valence-electron chi connectivity index (χ1n) is 8.39. The lowest BCUT2D eigenvalue weighted by Gasteiger charge is -2.03. The Morgan fingerprint density at radius 3 is 2.68 bits per heavy atom. The molecule has 0 fully saturated rings. The first kappa shape index (κ1) is 18.8. The average Bonchev–Trinajstić information content (AvgIpc) is 2.54. The summed E-state index contributed by atoms with van der Waals surface area (Å²) in [5, 5.41) is 2.93. The van der Waals surface area contributed by atoms with Gasteiger partial charge < -0.3 is 5.32 Å². The molecule has 0 radical (unpaired) electrons. The SMILES string of the molecule is CCCCCCCC=CC(=O)NCCSCc1ccccc1. The van der Waals surface area contributed by atoms with Gasteiger partial charge in [-0.1, -0.05) is 69.0 Å². The Balaban J connectivity index is 1.94.